The number of nitrogens with two attached hydrogens (primary N) is 1. The molecule has 0 amide bonds. The Morgan fingerprint density at radius 3 is 2.24 bits per heavy atom. The van der Waals surface area contributed by atoms with E-state index < -0.39 is 21.7 Å². The average Bonchev–Trinajstić information content (AvgIpc) is 2.38. The van der Waals surface area contributed by atoms with Gasteiger partial charge in [0.1, 0.15) is 4.90 Å². The Kier molecular flexibility index (Phi) is 3.87. The molecule has 0 saturated carbocycles. The molecule has 0 atom stereocenters. The lowest BCUT2D eigenvalue weighted by molar-refractivity contribution is 0.509. The molecule has 0 radical (unpaired) electrons. The first-order chi connectivity index (χ1) is 9.72. The molecule has 7 heteroatoms. The van der Waals surface area contributed by atoms with Crippen LogP contribution in [0.1, 0.15) is 11.1 Å². The highest BCUT2D eigenvalue weighted by molar-refractivity contribution is 7.93. The van der Waals surface area contributed by atoms with E-state index in [2.05, 4.69) is 4.72 Å². The van der Waals surface area contributed by atoms with Crippen molar-refractivity contribution in [3.05, 3.63) is 53.1 Å². The summed E-state index contributed by atoms with van der Waals surface area (Å²) in [5.74, 6) is -2.19. The number of hydrogen-bond acceptors (Lipinski definition) is 3. The van der Waals surface area contributed by atoms with Gasteiger partial charge < -0.3 is 5.73 Å². The summed E-state index contributed by atoms with van der Waals surface area (Å²) in [5.41, 5.74) is 6.96. The van der Waals surface area contributed by atoms with Crippen LogP contribution in [0.2, 0.25) is 0 Å². The van der Waals surface area contributed by atoms with Crippen molar-refractivity contribution in [3.63, 3.8) is 0 Å². The first-order valence-corrected chi connectivity index (χ1v) is 7.54. The highest BCUT2D eigenvalue weighted by Crippen LogP contribution is 2.28. The summed E-state index contributed by atoms with van der Waals surface area (Å²) < 4.78 is 53.0. The molecule has 0 aromatic heterocycles. The van der Waals surface area contributed by atoms with Crippen LogP contribution in [0.3, 0.4) is 0 Å². The Bertz CT molecular complexity index is 805. The van der Waals surface area contributed by atoms with Crippen molar-refractivity contribution in [3.8, 4) is 0 Å². The fourth-order valence-electron chi connectivity index (χ4n) is 1.93. The standard InChI is InChI=1S/C14H14F2N2O2S/c1-8-3-4-9(2)14(13(8)17)21(19,20)18-10-5-6-11(15)12(16)7-10/h3-7,18H,17H2,1-2H3. The summed E-state index contributed by atoms with van der Waals surface area (Å²) in [6, 6.07) is 6.10. The van der Waals surface area contributed by atoms with Gasteiger partial charge in [0.25, 0.3) is 10.0 Å². The van der Waals surface area contributed by atoms with Crippen LogP contribution in [0.5, 0.6) is 0 Å². The number of nitrogens with one attached hydrogen (secondary N) is 1. The summed E-state index contributed by atoms with van der Waals surface area (Å²) >= 11 is 0. The quantitative estimate of drug-likeness (QED) is 0.856. The molecule has 0 heterocycles. The number of halogens is 2. The maximum absolute atomic E-state index is 13.1. The molecule has 0 spiro atoms. The minimum Gasteiger partial charge on any atom is -0.397 e. The van der Waals surface area contributed by atoms with E-state index >= 15 is 0 Å². The summed E-state index contributed by atoms with van der Waals surface area (Å²) in [5, 5.41) is 0. The number of rotatable bonds is 3. The zero-order valence-electron chi connectivity index (χ0n) is 11.4. The van der Waals surface area contributed by atoms with Crippen LogP contribution in [0.15, 0.2) is 35.2 Å². The maximum Gasteiger partial charge on any atom is 0.264 e. The summed E-state index contributed by atoms with van der Waals surface area (Å²) in [4.78, 5) is -0.0627. The minimum absolute atomic E-state index is 0.0627. The second-order valence-corrected chi connectivity index (χ2v) is 6.30. The predicted molar refractivity (Wildman–Crippen MR) is 77.5 cm³/mol. The van der Waals surface area contributed by atoms with E-state index in [9.17, 15) is 17.2 Å². The second-order valence-electron chi connectivity index (χ2n) is 4.68. The van der Waals surface area contributed by atoms with E-state index in [1.54, 1.807) is 26.0 Å². The van der Waals surface area contributed by atoms with E-state index in [0.717, 1.165) is 18.2 Å². The van der Waals surface area contributed by atoms with Gasteiger partial charge in [-0.15, -0.1) is 0 Å². The van der Waals surface area contributed by atoms with E-state index in [1.807, 2.05) is 0 Å². The molecule has 3 N–H and O–H groups in total. The lowest BCUT2D eigenvalue weighted by Gasteiger charge is -2.14. The van der Waals surface area contributed by atoms with Gasteiger partial charge in [0.15, 0.2) is 11.6 Å². The third kappa shape index (κ3) is 2.97. The van der Waals surface area contributed by atoms with Gasteiger partial charge in [-0.1, -0.05) is 12.1 Å². The normalized spacial score (nSPS) is 11.4. The molecule has 0 saturated heterocycles. The van der Waals surface area contributed by atoms with Crippen LogP contribution in [-0.4, -0.2) is 8.42 Å². The lowest BCUT2D eigenvalue weighted by Crippen LogP contribution is -2.17. The number of nitrogen functional groups attached to an aromatic ring is 1. The lowest BCUT2D eigenvalue weighted by atomic mass is 10.1. The number of aryl methyl sites for hydroxylation is 2. The molecular formula is C14H14F2N2O2S. The smallest absolute Gasteiger partial charge is 0.264 e. The first kappa shape index (κ1) is 15.2. The van der Waals surface area contributed by atoms with Gasteiger partial charge in [-0.05, 0) is 37.1 Å². The van der Waals surface area contributed by atoms with Gasteiger partial charge in [0, 0.05) is 6.07 Å². The van der Waals surface area contributed by atoms with Crippen molar-refractivity contribution in [1.82, 2.24) is 0 Å². The largest absolute Gasteiger partial charge is 0.397 e. The molecular weight excluding hydrogens is 298 g/mol. The zero-order chi connectivity index (χ0) is 15.8. The monoisotopic (exact) mass is 312 g/mol. The van der Waals surface area contributed by atoms with Crippen LogP contribution >= 0.6 is 0 Å². The van der Waals surface area contributed by atoms with E-state index in [4.69, 9.17) is 5.73 Å². The molecule has 0 aliphatic heterocycles. The second kappa shape index (κ2) is 5.33. The number of anilines is 2. The van der Waals surface area contributed by atoms with Gasteiger partial charge in [-0.25, -0.2) is 17.2 Å². The molecule has 0 fully saturated rings. The Morgan fingerprint density at radius 2 is 1.62 bits per heavy atom. The molecule has 0 bridgehead atoms. The minimum atomic E-state index is -3.99. The fourth-order valence-corrected chi connectivity index (χ4v) is 3.41. The third-order valence-electron chi connectivity index (χ3n) is 3.05. The molecule has 2 aromatic rings. The summed E-state index contributed by atoms with van der Waals surface area (Å²) in [6.07, 6.45) is 0. The molecule has 2 rings (SSSR count). The molecule has 4 nitrogen and oxygen atoms in total. The Balaban J connectivity index is 2.48. The Labute approximate surface area is 121 Å². The van der Waals surface area contributed by atoms with Crippen LogP contribution in [0.25, 0.3) is 0 Å². The van der Waals surface area contributed by atoms with Crippen molar-refractivity contribution < 1.29 is 17.2 Å². The van der Waals surface area contributed by atoms with Gasteiger partial charge >= 0.3 is 0 Å². The highest BCUT2D eigenvalue weighted by Gasteiger charge is 2.21. The number of sulfonamides is 1. The van der Waals surface area contributed by atoms with Gasteiger partial charge in [-0.3, -0.25) is 4.72 Å². The van der Waals surface area contributed by atoms with E-state index in [-0.39, 0.29) is 16.3 Å². The highest BCUT2D eigenvalue weighted by atomic mass is 32.2. The predicted octanol–water partition coefficient (Wildman–Crippen LogP) is 2.96. The third-order valence-corrected chi connectivity index (χ3v) is 4.64. The van der Waals surface area contributed by atoms with Crippen LogP contribution in [-0.2, 0) is 10.0 Å². The van der Waals surface area contributed by atoms with Crippen molar-refractivity contribution in [2.45, 2.75) is 18.7 Å². The Morgan fingerprint density at radius 1 is 1.00 bits per heavy atom. The van der Waals surface area contributed by atoms with Crippen molar-refractivity contribution in [2.75, 3.05) is 10.5 Å². The molecule has 0 aliphatic carbocycles. The molecule has 0 aliphatic rings. The van der Waals surface area contributed by atoms with Crippen LogP contribution in [0.4, 0.5) is 20.2 Å². The van der Waals surface area contributed by atoms with Gasteiger partial charge in [-0.2, -0.15) is 0 Å². The number of benzene rings is 2. The molecule has 21 heavy (non-hydrogen) atoms. The topological polar surface area (TPSA) is 72.2 Å². The molecule has 112 valence electrons. The van der Waals surface area contributed by atoms with Crippen LogP contribution in [0, 0.1) is 25.5 Å². The van der Waals surface area contributed by atoms with Gasteiger partial charge in [0.2, 0.25) is 0 Å². The summed E-state index contributed by atoms with van der Waals surface area (Å²) in [6.45, 7) is 3.29. The van der Waals surface area contributed by atoms with Crippen molar-refractivity contribution in [2.24, 2.45) is 0 Å². The Hall–Kier alpha value is -2.15. The van der Waals surface area contributed by atoms with E-state index in [0.29, 0.717) is 11.1 Å². The SMILES string of the molecule is Cc1ccc(C)c(S(=O)(=O)Nc2ccc(F)c(F)c2)c1N. The van der Waals surface area contributed by atoms with Gasteiger partial charge in [0.05, 0.1) is 11.4 Å². The summed E-state index contributed by atoms with van der Waals surface area (Å²) in [7, 11) is -3.99. The molecule has 2 aromatic carbocycles. The van der Waals surface area contributed by atoms with E-state index in [1.165, 1.54) is 0 Å². The average molecular weight is 312 g/mol. The first-order valence-electron chi connectivity index (χ1n) is 6.06. The van der Waals surface area contributed by atoms with Crippen molar-refractivity contribution in [1.29, 1.82) is 0 Å². The van der Waals surface area contributed by atoms with Crippen LogP contribution < -0.4 is 10.5 Å². The van der Waals surface area contributed by atoms with Crippen molar-refractivity contribution >= 4 is 21.4 Å². The zero-order valence-corrected chi connectivity index (χ0v) is 12.3. The maximum atomic E-state index is 13.1. The molecule has 0 unspecified atom stereocenters. The number of hydrogen-bond donors (Lipinski definition) is 2. The fraction of sp³-hybridized carbons (Fsp3) is 0.143.